The predicted molar refractivity (Wildman–Crippen MR) is 80.7 cm³/mol. The molecule has 23 heavy (non-hydrogen) atoms. The quantitative estimate of drug-likeness (QED) is 0.689. The van der Waals surface area contributed by atoms with Crippen molar-refractivity contribution in [2.45, 2.75) is 40.0 Å². The fourth-order valence-corrected chi connectivity index (χ4v) is 2.23. The summed E-state index contributed by atoms with van der Waals surface area (Å²) in [6, 6.07) is 3.01. The molecule has 1 rings (SSSR count). The molecule has 0 radical (unpaired) electrons. The fraction of sp³-hybridized carbons (Fsp3) is 0.562. The highest BCUT2D eigenvalue weighted by Gasteiger charge is 2.22. The Balaban J connectivity index is 2.44. The van der Waals surface area contributed by atoms with E-state index in [4.69, 9.17) is 4.42 Å². The van der Waals surface area contributed by atoms with Gasteiger partial charge in [0.25, 0.3) is 0 Å². The van der Waals surface area contributed by atoms with Crippen LogP contribution in [0.25, 0.3) is 0 Å². The lowest BCUT2D eigenvalue weighted by Crippen LogP contribution is -2.43. The fourth-order valence-electron chi connectivity index (χ4n) is 2.23. The van der Waals surface area contributed by atoms with Crippen LogP contribution in [0.15, 0.2) is 22.8 Å². The van der Waals surface area contributed by atoms with Crippen molar-refractivity contribution in [3.8, 4) is 0 Å². The first-order valence-electron chi connectivity index (χ1n) is 7.64. The molecule has 0 unspecified atom stereocenters. The van der Waals surface area contributed by atoms with Gasteiger partial charge < -0.3 is 14.3 Å². The minimum absolute atomic E-state index is 0.0187. The SMILES string of the molecule is CC(C)CC[C@H](C(=O)[O-])[C@@H](C)CC(=O)NNC(=O)c1ccco1. The molecule has 7 heteroatoms. The lowest BCUT2D eigenvalue weighted by Gasteiger charge is -2.25. The van der Waals surface area contributed by atoms with E-state index in [-0.39, 0.29) is 18.1 Å². The van der Waals surface area contributed by atoms with Crippen LogP contribution in [0.5, 0.6) is 0 Å². The Bertz CT molecular complexity index is 525. The monoisotopic (exact) mass is 323 g/mol. The van der Waals surface area contributed by atoms with Crippen LogP contribution in [0.4, 0.5) is 0 Å². The molecule has 0 spiro atoms. The zero-order valence-corrected chi connectivity index (χ0v) is 13.6. The molecule has 128 valence electrons. The van der Waals surface area contributed by atoms with E-state index in [1.54, 1.807) is 13.0 Å². The number of nitrogens with one attached hydrogen (secondary N) is 2. The smallest absolute Gasteiger partial charge is 0.305 e. The highest BCUT2D eigenvalue weighted by molar-refractivity contribution is 5.92. The summed E-state index contributed by atoms with van der Waals surface area (Å²) >= 11 is 0. The second-order valence-corrected chi connectivity index (χ2v) is 6.06. The zero-order valence-electron chi connectivity index (χ0n) is 13.6. The van der Waals surface area contributed by atoms with Crippen LogP contribution in [0.2, 0.25) is 0 Å². The number of carbonyl (C=O) groups excluding carboxylic acids is 3. The maximum atomic E-state index is 11.8. The summed E-state index contributed by atoms with van der Waals surface area (Å²) in [5.74, 6) is -2.82. The van der Waals surface area contributed by atoms with Gasteiger partial charge in [-0.15, -0.1) is 0 Å². The van der Waals surface area contributed by atoms with E-state index in [0.29, 0.717) is 12.3 Å². The lowest BCUT2D eigenvalue weighted by molar-refractivity contribution is -0.313. The molecular weight excluding hydrogens is 300 g/mol. The van der Waals surface area contributed by atoms with Gasteiger partial charge in [0.2, 0.25) is 5.91 Å². The molecule has 2 N–H and O–H groups in total. The highest BCUT2D eigenvalue weighted by atomic mass is 16.4. The van der Waals surface area contributed by atoms with Crippen LogP contribution in [0, 0.1) is 17.8 Å². The van der Waals surface area contributed by atoms with E-state index in [0.717, 1.165) is 6.42 Å². The minimum Gasteiger partial charge on any atom is -0.550 e. The molecule has 0 saturated carbocycles. The summed E-state index contributed by atoms with van der Waals surface area (Å²) in [7, 11) is 0. The first-order chi connectivity index (χ1) is 10.8. The Morgan fingerprint density at radius 3 is 2.39 bits per heavy atom. The number of furan rings is 1. The summed E-state index contributed by atoms with van der Waals surface area (Å²) in [5.41, 5.74) is 4.46. The molecule has 2 amide bonds. The van der Waals surface area contributed by atoms with Crippen molar-refractivity contribution in [3.05, 3.63) is 24.2 Å². The Morgan fingerprint density at radius 1 is 1.17 bits per heavy atom. The van der Waals surface area contributed by atoms with Crippen molar-refractivity contribution >= 4 is 17.8 Å². The average molecular weight is 323 g/mol. The number of carbonyl (C=O) groups is 3. The third-order valence-corrected chi connectivity index (χ3v) is 3.61. The molecule has 1 aromatic rings. The second kappa shape index (κ2) is 8.97. The van der Waals surface area contributed by atoms with Gasteiger partial charge in [-0.3, -0.25) is 20.4 Å². The highest BCUT2D eigenvalue weighted by Crippen LogP contribution is 2.22. The number of hydrazine groups is 1. The minimum atomic E-state index is -1.15. The molecule has 0 fully saturated rings. The summed E-state index contributed by atoms with van der Waals surface area (Å²) in [5, 5.41) is 11.2. The van der Waals surface area contributed by atoms with Crippen LogP contribution < -0.4 is 16.0 Å². The number of rotatable bonds is 8. The molecule has 1 aromatic heterocycles. The molecule has 7 nitrogen and oxygen atoms in total. The average Bonchev–Trinajstić information content (AvgIpc) is 2.98. The summed E-state index contributed by atoms with van der Waals surface area (Å²) < 4.78 is 4.88. The maximum absolute atomic E-state index is 11.8. The predicted octanol–water partition coefficient (Wildman–Crippen LogP) is 0.869. The topological polar surface area (TPSA) is 111 Å². The van der Waals surface area contributed by atoms with Crippen LogP contribution >= 0.6 is 0 Å². The van der Waals surface area contributed by atoms with E-state index < -0.39 is 23.7 Å². The van der Waals surface area contributed by atoms with Gasteiger partial charge in [-0.25, -0.2) is 0 Å². The number of hydrogen-bond acceptors (Lipinski definition) is 5. The number of hydrogen-bond donors (Lipinski definition) is 2. The van der Waals surface area contributed by atoms with Crippen molar-refractivity contribution < 1.29 is 23.9 Å². The van der Waals surface area contributed by atoms with Crippen molar-refractivity contribution in [2.24, 2.45) is 17.8 Å². The second-order valence-electron chi connectivity index (χ2n) is 6.06. The summed E-state index contributed by atoms with van der Waals surface area (Å²) in [4.78, 5) is 34.6. The first kappa shape index (κ1) is 18.7. The largest absolute Gasteiger partial charge is 0.550 e. The van der Waals surface area contributed by atoms with Crippen molar-refractivity contribution in [3.63, 3.8) is 0 Å². The third-order valence-electron chi connectivity index (χ3n) is 3.61. The Labute approximate surface area is 135 Å². The van der Waals surface area contributed by atoms with Crippen LogP contribution in [-0.4, -0.2) is 17.8 Å². The molecule has 2 atom stereocenters. The van der Waals surface area contributed by atoms with Gasteiger partial charge in [0.1, 0.15) is 0 Å². The van der Waals surface area contributed by atoms with Gasteiger partial charge >= 0.3 is 5.91 Å². The Kier molecular flexibility index (Phi) is 7.31. The normalized spacial score (nSPS) is 13.4. The Hall–Kier alpha value is -2.31. The third kappa shape index (κ3) is 6.54. The van der Waals surface area contributed by atoms with Gasteiger partial charge in [-0.05, 0) is 30.4 Å². The van der Waals surface area contributed by atoms with E-state index in [1.165, 1.54) is 12.3 Å². The number of aliphatic carboxylic acids is 1. The zero-order chi connectivity index (χ0) is 17.4. The molecule has 0 aliphatic carbocycles. The number of carboxylic acid groups (broad SMARTS) is 1. The van der Waals surface area contributed by atoms with Gasteiger partial charge in [-0.1, -0.05) is 27.2 Å². The first-order valence-corrected chi connectivity index (χ1v) is 7.64. The van der Waals surface area contributed by atoms with Crippen molar-refractivity contribution in [2.75, 3.05) is 0 Å². The molecule has 0 bridgehead atoms. The van der Waals surface area contributed by atoms with E-state index in [1.807, 2.05) is 13.8 Å². The van der Waals surface area contributed by atoms with Gasteiger partial charge in [0, 0.05) is 18.3 Å². The standard InChI is InChI=1S/C16H24N2O5/c1-10(2)6-7-12(16(21)22)11(3)9-14(19)17-18-15(20)13-5-4-8-23-13/h4-5,8,10-12H,6-7,9H2,1-3H3,(H,17,19)(H,18,20)(H,21,22)/p-1/t11-,12-/m0/s1. The van der Waals surface area contributed by atoms with Gasteiger partial charge in [0.15, 0.2) is 5.76 Å². The van der Waals surface area contributed by atoms with E-state index in [9.17, 15) is 19.5 Å². The molecule has 0 aliphatic rings. The van der Waals surface area contributed by atoms with Crippen LogP contribution in [0.1, 0.15) is 50.6 Å². The lowest BCUT2D eigenvalue weighted by atomic mass is 9.85. The van der Waals surface area contributed by atoms with E-state index in [2.05, 4.69) is 10.9 Å². The van der Waals surface area contributed by atoms with Crippen molar-refractivity contribution in [1.82, 2.24) is 10.9 Å². The number of amides is 2. The van der Waals surface area contributed by atoms with Gasteiger partial charge in [0.05, 0.1) is 6.26 Å². The molecule has 0 aliphatic heterocycles. The van der Waals surface area contributed by atoms with Gasteiger partial charge in [-0.2, -0.15) is 0 Å². The summed E-state index contributed by atoms with van der Waals surface area (Å²) in [6.45, 7) is 5.70. The maximum Gasteiger partial charge on any atom is 0.305 e. The Morgan fingerprint density at radius 2 is 1.87 bits per heavy atom. The molecule has 0 saturated heterocycles. The van der Waals surface area contributed by atoms with Crippen LogP contribution in [-0.2, 0) is 9.59 Å². The van der Waals surface area contributed by atoms with Crippen molar-refractivity contribution in [1.29, 1.82) is 0 Å². The number of carboxylic acids is 1. The molecule has 0 aromatic carbocycles. The van der Waals surface area contributed by atoms with E-state index >= 15 is 0 Å². The molecular formula is C16H23N2O5-. The summed E-state index contributed by atoms with van der Waals surface area (Å²) in [6.07, 6.45) is 2.54. The van der Waals surface area contributed by atoms with Crippen LogP contribution in [0.3, 0.4) is 0 Å². The molecule has 1 heterocycles.